The number of ether oxygens (including phenoxy) is 1. The van der Waals surface area contributed by atoms with Crippen molar-refractivity contribution in [1.29, 1.82) is 0 Å². The first-order chi connectivity index (χ1) is 11.9. The van der Waals surface area contributed by atoms with Crippen LogP contribution in [-0.4, -0.2) is 25.9 Å². The van der Waals surface area contributed by atoms with E-state index in [1.54, 1.807) is 0 Å². The monoisotopic (exact) mass is 357 g/mol. The molecule has 0 radical (unpaired) electrons. The molecule has 0 aliphatic carbocycles. The van der Waals surface area contributed by atoms with Crippen molar-refractivity contribution in [2.24, 2.45) is 0 Å². The Hall–Kier alpha value is -2.11. The van der Waals surface area contributed by atoms with E-state index in [2.05, 4.69) is 25.0 Å². The molecular weight excluding hydrogens is 330 g/mol. The smallest absolute Gasteiger partial charge is 0.407 e. The molecule has 0 fully saturated rings. The average Bonchev–Trinajstić information content (AvgIpc) is 2.59. The predicted molar refractivity (Wildman–Crippen MR) is 103 cm³/mol. The van der Waals surface area contributed by atoms with Crippen LogP contribution in [0.1, 0.15) is 23.3 Å². The highest BCUT2D eigenvalue weighted by Gasteiger charge is 2.25. The molecule has 2 rings (SSSR count). The van der Waals surface area contributed by atoms with E-state index in [4.69, 9.17) is 4.74 Å². The van der Waals surface area contributed by atoms with Gasteiger partial charge >= 0.3 is 6.09 Å². The third kappa shape index (κ3) is 6.36. The molecule has 134 valence electrons. The van der Waals surface area contributed by atoms with Crippen molar-refractivity contribution in [2.75, 3.05) is 6.61 Å². The first-order valence-electron chi connectivity index (χ1n) is 8.58. The summed E-state index contributed by atoms with van der Waals surface area (Å²) in [6.45, 7) is 7.12. The van der Waals surface area contributed by atoms with E-state index in [1.165, 1.54) is 0 Å². The van der Waals surface area contributed by atoms with Crippen LogP contribution in [0.25, 0.3) is 0 Å². The van der Waals surface area contributed by atoms with E-state index < -0.39 is 26.3 Å². The quantitative estimate of drug-likeness (QED) is 0.716. The number of nitrogens with one attached hydrogen (secondary N) is 1. The summed E-state index contributed by atoms with van der Waals surface area (Å²) in [7, 11) is -1.26. The second kappa shape index (κ2) is 8.83. The molecular formula is C20H27NO3Si. The zero-order chi connectivity index (χ0) is 18.3. The van der Waals surface area contributed by atoms with E-state index in [1.807, 2.05) is 60.7 Å². The lowest BCUT2D eigenvalue weighted by molar-refractivity contribution is 0.107. The van der Waals surface area contributed by atoms with Crippen LogP contribution in [0.2, 0.25) is 25.7 Å². The molecule has 4 nitrogen and oxygen atoms in total. The van der Waals surface area contributed by atoms with Gasteiger partial charge in [0.2, 0.25) is 0 Å². The predicted octanol–water partition coefficient (Wildman–Crippen LogP) is 4.53. The summed E-state index contributed by atoms with van der Waals surface area (Å²) >= 11 is 0. The van der Waals surface area contributed by atoms with Crippen molar-refractivity contribution < 1.29 is 14.6 Å². The van der Waals surface area contributed by atoms with Crippen molar-refractivity contribution >= 4 is 14.2 Å². The molecule has 0 unspecified atom stereocenters. The van der Waals surface area contributed by atoms with Crippen molar-refractivity contribution in [2.45, 2.75) is 37.8 Å². The molecule has 2 N–H and O–H groups in total. The number of aliphatic hydroxyl groups is 1. The number of benzene rings is 2. The van der Waals surface area contributed by atoms with E-state index in [9.17, 15) is 9.90 Å². The Morgan fingerprint density at radius 1 is 1.00 bits per heavy atom. The number of amides is 1. The van der Waals surface area contributed by atoms with Gasteiger partial charge in [-0.2, -0.15) is 0 Å². The maximum Gasteiger partial charge on any atom is 0.407 e. The zero-order valence-electron chi connectivity index (χ0n) is 15.1. The van der Waals surface area contributed by atoms with Crippen LogP contribution in [0.15, 0.2) is 60.7 Å². The van der Waals surface area contributed by atoms with E-state index in [-0.39, 0.29) is 0 Å². The Balaban J connectivity index is 2.09. The van der Waals surface area contributed by atoms with Gasteiger partial charge in [0, 0.05) is 8.07 Å². The standard InChI is InChI=1S/C20H27NO3Si/c1-25(2,3)15-14-24-20(23)21-18(16-10-6-4-7-11-16)19(22)17-12-8-5-9-13-17/h4-13,18-19,22H,14-15H2,1-3H3,(H,21,23)/t18-,19-/m1/s1. The van der Waals surface area contributed by atoms with Crippen LogP contribution in [0.5, 0.6) is 0 Å². The highest BCUT2D eigenvalue weighted by atomic mass is 28.3. The fourth-order valence-electron chi connectivity index (χ4n) is 2.47. The van der Waals surface area contributed by atoms with Crippen molar-refractivity contribution in [3.05, 3.63) is 71.8 Å². The molecule has 2 atom stereocenters. The molecule has 0 bridgehead atoms. The van der Waals surface area contributed by atoms with Crippen LogP contribution in [0.3, 0.4) is 0 Å². The SMILES string of the molecule is C[Si](C)(C)CCOC(=O)N[C@H](c1ccccc1)[C@H](O)c1ccccc1. The van der Waals surface area contributed by atoms with Crippen LogP contribution in [-0.2, 0) is 4.74 Å². The summed E-state index contributed by atoms with van der Waals surface area (Å²) in [6.07, 6.45) is -1.35. The van der Waals surface area contributed by atoms with Crippen molar-refractivity contribution in [3.8, 4) is 0 Å². The van der Waals surface area contributed by atoms with Gasteiger partial charge in [-0.05, 0) is 17.2 Å². The van der Waals surface area contributed by atoms with Crippen LogP contribution < -0.4 is 5.32 Å². The molecule has 0 aliphatic rings. The van der Waals surface area contributed by atoms with Gasteiger partial charge in [0.25, 0.3) is 0 Å². The Morgan fingerprint density at radius 2 is 1.52 bits per heavy atom. The first-order valence-corrected chi connectivity index (χ1v) is 12.3. The second-order valence-electron chi connectivity index (χ2n) is 7.33. The fourth-order valence-corrected chi connectivity index (χ4v) is 3.18. The van der Waals surface area contributed by atoms with E-state index >= 15 is 0 Å². The molecule has 0 spiro atoms. The first kappa shape index (κ1) is 19.2. The number of hydrogen-bond donors (Lipinski definition) is 2. The molecule has 5 heteroatoms. The van der Waals surface area contributed by atoms with Gasteiger partial charge < -0.3 is 15.2 Å². The van der Waals surface area contributed by atoms with Gasteiger partial charge in [-0.1, -0.05) is 80.3 Å². The normalized spacial score (nSPS) is 13.8. The van der Waals surface area contributed by atoms with Gasteiger partial charge in [0.1, 0.15) is 6.10 Å². The molecule has 2 aromatic rings. The average molecular weight is 358 g/mol. The lowest BCUT2D eigenvalue weighted by Crippen LogP contribution is -2.34. The molecule has 0 aliphatic heterocycles. The van der Waals surface area contributed by atoms with Crippen LogP contribution in [0, 0.1) is 0 Å². The largest absolute Gasteiger partial charge is 0.450 e. The highest BCUT2D eigenvalue weighted by molar-refractivity contribution is 6.76. The molecule has 0 saturated heterocycles. The highest BCUT2D eigenvalue weighted by Crippen LogP contribution is 2.28. The number of carbonyl (C=O) groups is 1. The number of alkyl carbamates (subject to hydrolysis) is 1. The van der Waals surface area contributed by atoms with E-state index in [0.717, 1.165) is 17.2 Å². The third-order valence-electron chi connectivity index (χ3n) is 3.97. The third-order valence-corrected chi connectivity index (χ3v) is 5.68. The molecule has 1 amide bonds. The van der Waals surface area contributed by atoms with Crippen LogP contribution >= 0.6 is 0 Å². The fraction of sp³-hybridized carbons (Fsp3) is 0.350. The van der Waals surface area contributed by atoms with Gasteiger partial charge in [-0.15, -0.1) is 0 Å². The summed E-state index contributed by atoms with van der Waals surface area (Å²) in [5.41, 5.74) is 1.58. The van der Waals surface area contributed by atoms with Gasteiger partial charge in [-0.25, -0.2) is 4.79 Å². The van der Waals surface area contributed by atoms with Crippen molar-refractivity contribution in [1.82, 2.24) is 5.32 Å². The number of aliphatic hydroxyl groups excluding tert-OH is 1. The van der Waals surface area contributed by atoms with E-state index in [0.29, 0.717) is 6.61 Å². The minimum atomic E-state index is -1.26. The van der Waals surface area contributed by atoms with Gasteiger partial charge in [0.15, 0.2) is 0 Å². The minimum Gasteiger partial charge on any atom is -0.450 e. The number of carbonyl (C=O) groups excluding carboxylic acids is 1. The maximum absolute atomic E-state index is 12.2. The molecule has 25 heavy (non-hydrogen) atoms. The van der Waals surface area contributed by atoms with Crippen LogP contribution in [0.4, 0.5) is 4.79 Å². The molecule has 0 aromatic heterocycles. The number of rotatable bonds is 7. The summed E-state index contributed by atoms with van der Waals surface area (Å²) in [5, 5.41) is 13.6. The Morgan fingerprint density at radius 3 is 2.04 bits per heavy atom. The Kier molecular flexibility index (Phi) is 6.79. The topological polar surface area (TPSA) is 58.6 Å². The minimum absolute atomic E-state index is 0.407. The zero-order valence-corrected chi connectivity index (χ0v) is 16.1. The lowest BCUT2D eigenvalue weighted by atomic mass is 9.96. The van der Waals surface area contributed by atoms with Gasteiger partial charge in [-0.3, -0.25) is 0 Å². The molecule has 0 heterocycles. The Labute approximate surface area is 150 Å². The molecule has 0 saturated carbocycles. The number of hydrogen-bond acceptors (Lipinski definition) is 3. The summed E-state index contributed by atoms with van der Waals surface area (Å²) in [4.78, 5) is 12.2. The summed E-state index contributed by atoms with van der Waals surface area (Å²) in [6, 6.07) is 19.1. The maximum atomic E-state index is 12.2. The van der Waals surface area contributed by atoms with Gasteiger partial charge in [0.05, 0.1) is 12.6 Å². The molecule has 2 aromatic carbocycles. The summed E-state index contributed by atoms with van der Waals surface area (Å²) in [5.74, 6) is 0. The van der Waals surface area contributed by atoms with Crippen molar-refractivity contribution in [3.63, 3.8) is 0 Å². The summed E-state index contributed by atoms with van der Waals surface area (Å²) < 4.78 is 5.33. The second-order valence-corrected chi connectivity index (χ2v) is 13.0. The Bertz CT molecular complexity index is 656. The lowest BCUT2D eigenvalue weighted by Gasteiger charge is -2.25.